The van der Waals surface area contributed by atoms with E-state index in [9.17, 15) is 22.4 Å². The van der Waals surface area contributed by atoms with Gasteiger partial charge in [0.05, 0.1) is 11.8 Å². The van der Waals surface area contributed by atoms with Crippen molar-refractivity contribution in [3.05, 3.63) is 93.8 Å². The number of pyridine rings is 1. The second-order valence-electron chi connectivity index (χ2n) is 10.5. The van der Waals surface area contributed by atoms with Gasteiger partial charge in [0.15, 0.2) is 0 Å². The average molecular weight is 522 g/mol. The lowest BCUT2D eigenvalue weighted by atomic mass is 9.86. The zero-order valence-electron chi connectivity index (χ0n) is 20.8. The number of benzene rings is 2. The molecule has 0 bridgehead atoms. The minimum atomic E-state index is -3.88. The average Bonchev–Trinajstić information content (AvgIpc) is 3.64. The predicted octanol–water partition coefficient (Wildman–Crippen LogP) is 4.70. The van der Waals surface area contributed by atoms with Crippen molar-refractivity contribution in [2.24, 2.45) is 0 Å². The van der Waals surface area contributed by atoms with Crippen LogP contribution in [0, 0.1) is 5.82 Å². The largest absolute Gasteiger partial charge is 0.331 e. The molecule has 5 rings (SSSR count). The van der Waals surface area contributed by atoms with Gasteiger partial charge in [-0.05, 0) is 54.2 Å². The molecular formula is C28H28FN3O4S. The Morgan fingerprint density at radius 2 is 1.84 bits per heavy atom. The third-order valence-corrected chi connectivity index (χ3v) is 8.54. The number of nitrogens with one attached hydrogen (secondary N) is 2. The molecule has 0 atom stereocenters. The number of H-pyrrole nitrogens is 1. The fraction of sp³-hybridized carbons (Fsp3) is 0.286. The SMILES string of the molecule is CC(C)(C)c1ccc2c(c1)c(-c1ccc[nH]c1=O)c(C(=O)NS(=O)(=O)C1CC1)n2Cc1ccccc1F. The van der Waals surface area contributed by atoms with Crippen LogP contribution in [0.3, 0.4) is 0 Å². The van der Waals surface area contributed by atoms with Crippen LogP contribution in [0.15, 0.2) is 65.6 Å². The number of aromatic amines is 1. The molecule has 4 aromatic rings. The molecule has 2 aromatic heterocycles. The van der Waals surface area contributed by atoms with Gasteiger partial charge in [0.25, 0.3) is 11.5 Å². The number of carbonyl (C=O) groups is 1. The van der Waals surface area contributed by atoms with Crippen LogP contribution in [0.25, 0.3) is 22.0 Å². The van der Waals surface area contributed by atoms with Crippen LogP contribution in [0.1, 0.15) is 55.2 Å². The molecular weight excluding hydrogens is 493 g/mol. The van der Waals surface area contributed by atoms with Gasteiger partial charge in [-0.15, -0.1) is 0 Å². The summed E-state index contributed by atoms with van der Waals surface area (Å²) in [4.78, 5) is 29.3. The second-order valence-corrected chi connectivity index (χ2v) is 12.4. The van der Waals surface area contributed by atoms with Gasteiger partial charge < -0.3 is 9.55 Å². The summed E-state index contributed by atoms with van der Waals surface area (Å²) < 4.78 is 44.1. The van der Waals surface area contributed by atoms with Crippen molar-refractivity contribution in [1.29, 1.82) is 0 Å². The van der Waals surface area contributed by atoms with Crippen LogP contribution in [0.2, 0.25) is 0 Å². The van der Waals surface area contributed by atoms with Crippen molar-refractivity contribution in [3.63, 3.8) is 0 Å². The molecule has 1 aliphatic rings. The molecule has 9 heteroatoms. The second kappa shape index (κ2) is 8.99. The topological polar surface area (TPSA) is 101 Å². The van der Waals surface area contributed by atoms with E-state index in [1.807, 2.05) is 18.2 Å². The fourth-order valence-corrected chi connectivity index (χ4v) is 5.83. The highest BCUT2D eigenvalue weighted by Gasteiger charge is 2.38. The molecule has 1 fully saturated rings. The maximum Gasteiger partial charge on any atom is 0.282 e. The minimum absolute atomic E-state index is 0.00904. The normalized spacial score (nSPS) is 14.2. The van der Waals surface area contributed by atoms with Crippen LogP contribution < -0.4 is 10.3 Å². The summed E-state index contributed by atoms with van der Waals surface area (Å²) in [5, 5.41) is -0.00801. The van der Waals surface area contributed by atoms with Gasteiger partial charge in [0, 0.05) is 33.8 Å². The molecule has 0 radical (unpaired) electrons. The first-order chi connectivity index (χ1) is 17.5. The van der Waals surface area contributed by atoms with Crippen LogP contribution in [-0.2, 0) is 22.0 Å². The number of nitrogens with zero attached hydrogens (tertiary/aromatic N) is 1. The van der Waals surface area contributed by atoms with E-state index in [-0.39, 0.29) is 23.2 Å². The molecule has 0 saturated heterocycles. The van der Waals surface area contributed by atoms with Crippen molar-refractivity contribution < 1.29 is 17.6 Å². The Kier molecular flexibility index (Phi) is 6.06. The van der Waals surface area contributed by atoms with Gasteiger partial charge >= 0.3 is 0 Å². The standard InChI is InChI=1S/C28H28FN3O4S/c1-28(2,3)18-10-13-23-21(15-18)24(20-8-6-14-30-26(20)33)25(27(34)31-37(35,36)19-11-12-19)32(23)16-17-7-4-5-9-22(17)29/h4-10,13-15,19H,11-12,16H2,1-3H3,(H,30,33)(H,31,34). The maximum atomic E-state index is 14.7. The smallest absolute Gasteiger partial charge is 0.282 e. The van der Waals surface area contributed by atoms with Gasteiger partial charge in [0.1, 0.15) is 11.5 Å². The van der Waals surface area contributed by atoms with Crippen LogP contribution in [0.5, 0.6) is 0 Å². The van der Waals surface area contributed by atoms with E-state index in [0.29, 0.717) is 34.9 Å². The summed E-state index contributed by atoms with van der Waals surface area (Å²) in [6, 6.07) is 15.1. The Hall–Kier alpha value is -3.72. The number of hydrogen-bond acceptors (Lipinski definition) is 4. The van der Waals surface area contributed by atoms with E-state index in [1.54, 1.807) is 34.9 Å². The first-order valence-electron chi connectivity index (χ1n) is 12.1. The minimum Gasteiger partial charge on any atom is -0.331 e. The zero-order chi connectivity index (χ0) is 26.5. The number of halogens is 1. The van der Waals surface area contributed by atoms with E-state index >= 15 is 0 Å². The lowest BCUT2D eigenvalue weighted by Crippen LogP contribution is -2.35. The molecule has 7 nitrogen and oxygen atoms in total. The summed E-state index contributed by atoms with van der Waals surface area (Å²) in [5.41, 5.74) is 1.74. The fourth-order valence-electron chi connectivity index (χ4n) is 4.55. The van der Waals surface area contributed by atoms with Crippen molar-refractivity contribution in [2.45, 2.75) is 50.8 Å². The van der Waals surface area contributed by atoms with Crippen LogP contribution in [0.4, 0.5) is 4.39 Å². The number of rotatable bonds is 6. The Labute approximate surface area is 214 Å². The summed E-state index contributed by atoms with van der Waals surface area (Å²) in [5.74, 6) is -1.30. The van der Waals surface area contributed by atoms with Crippen LogP contribution >= 0.6 is 0 Å². The highest BCUT2D eigenvalue weighted by atomic mass is 32.2. The number of fused-ring (bicyclic) bond motifs is 1. The Balaban J connectivity index is 1.84. The molecule has 1 aliphatic carbocycles. The Morgan fingerprint density at radius 3 is 2.49 bits per heavy atom. The molecule has 2 N–H and O–H groups in total. The Morgan fingerprint density at radius 1 is 1.11 bits per heavy atom. The quantitative estimate of drug-likeness (QED) is 0.384. The third-order valence-electron chi connectivity index (χ3n) is 6.72. The molecule has 0 aliphatic heterocycles. The number of carbonyl (C=O) groups excluding carboxylic acids is 1. The van der Waals surface area contributed by atoms with Gasteiger partial charge in [-0.25, -0.2) is 17.5 Å². The summed E-state index contributed by atoms with van der Waals surface area (Å²) >= 11 is 0. The lowest BCUT2D eigenvalue weighted by Gasteiger charge is -2.19. The molecule has 1 saturated carbocycles. The number of amides is 1. The van der Waals surface area contributed by atoms with Crippen molar-refractivity contribution in [1.82, 2.24) is 14.3 Å². The zero-order valence-corrected chi connectivity index (χ0v) is 21.7. The molecule has 37 heavy (non-hydrogen) atoms. The van der Waals surface area contributed by atoms with E-state index in [2.05, 4.69) is 30.5 Å². The third kappa shape index (κ3) is 4.71. The molecule has 2 aromatic carbocycles. The van der Waals surface area contributed by atoms with Crippen molar-refractivity contribution in [2.75, 3.05) is 0 Å². The van der Waals surface area contributed by atoms with Crippen molar-refractivity contribution in [3.8, 4) is 11.1 Å². The summed E-state index contributed by atoms with van der Waals surface area (Å²) in [6.07, 6.45) is 2.46. The Bertz CT molecular complexity index is 1690. The van der Waals surface area contributed by atoms with Gasteiger partial charge in [0.2, 0.25) is 10.0 Å². The van der Waals surface area contributed by atoms with Crippen molar-refractivity contribution >= 4 is 26.8 Å². The lowest BCUT2D eigenvalue weighted by molar-refractivity contribution is 0.0974. The first-order valence-corrected chi connectivity index (χ1v) is 13.7. The number of hydrogen-bond donors (Lipinski definition) is 2. The highest BCUT2D eigenvalue weighted by molar-refractivity contribution is 7.91. The van der Waals surface area contributed by atoms with E-state index in [0.717, 1.165) is 5.56 Å². The van der Waals surface area contributed by atoms with Gasteiger partial charge in [-0.2, -0.15) is 0 Å². The van der Waals surface area contributed by atoms with E-state index in [4.69, 9.17) is 0 Å². The predicted molar refractivity (Wildman–Crippen MR) is 142 cm³/mol. The summed E-state index contributed by atoms with van der Waals surface area (Å²) in [7, 11) is -3.88. The number of aromatic nitrogens is 2. The number of sulfonamides is 1. The van der Waals surface area contributed by atoms with E-state index in [1.165, 1.54) is 12.3 Å². The summed E-state index contributed by atoms with van der Waals surface area (Å²) in [6.45, 7) is 6.12. The molecule has 0 unspecified atom stereocenters. The molecule has 2 heterocycles. The van der Waals surface area contributed by atoms with E-state index < -0.39 is 32.6 Å². The van der Waals surface area contributed by atoms with Gasteiger partial charge in [-0.3, -0.25) is 9.59 Å². The van der Waals surface area contributed by atoms with Gasteiger partial charge in [-0.1, -0.05) is 45.0 Å². The highest BCUT2D eigenvalue weighted by Crippen LogP contribution is 2.37. The molecule has 1 amide bonds. The van der Waals surface area contributed by atoms with Crippen LogP contribution in [-0.4, -0.2) is 29.1 Å². The molecule has 192 valence electrons. The maximum absolute atomic E-state index is 14.7. The monoisotopic (exact) mass is 521 g/mol. The molecule has 0 spiro atoms. The first kappa shape index (κ1) is 25.0.